The fraction of sp³-hybridized carbons (Fsp3) is 0.0769. The van der Waals surface area contributed by atoms with E-state index in [9.17, 15) is 4.79 Å². The van der Waals surface area contributed by atoms with E-state index >= 15 is 0 Å². The van der Waals surface area contributed by atoms with E-state index in [4.69, 9.17) is 10.00 Å². The number of aldehydes is 1. The molecule has 88 valence electrons. The van der Waals surface area contributed by atoms with Gasteiger partial charge < -0.3 is 4.74 Å². The van der Waals surface area contributed by atoms with Gasteiger partial charge in [-0.3, -0.25) is 4.79 Å². The Hall–Kier alpha value is -2.74. The summed E-state index contributed by atoms with van der Waals surface area (Å²) in [5.41, 5.74) is 1.31. The largest absolute Gasteiger partial charge is 0.424 e. The van der Waals surface area contributed by atoms with Gasteiger partial charge in [0.05, 0.1) is 18.1 Å². The van der Waals surface area contributed by atoms with Gasteiger partial charge >= 0.3 is 6.01 Å². The van der Waals surface area contributed by atoms with Gasteiger partial charge in [-0.15, -0.1) is 0 Å². The highest BCUT2D eigenvalue weighted by Crippen LogP contribution is 2.17. The Morgan fingerprint density at radius 3 is 2.44 bits per heavy atom. The van der Waals surface area contributed by atoms with Gasteiger partial charge in [-0.25, -0.2) is 9.97 Å². The number of aromatic nitrogens is 2. The number of ether oxygens (including phenoxy) is 1. The maximum Gasteiger partial charge on any atom is 0.321 e. The molecule has 1 heterocycles. The quantitative estimate of drug-likeness (QED) is 0.764. The number of hydrogen-bond donors (Lipinski definition) is 0. The molecular weight excluding hydrogens is 230 g/mol. The number of nitrogens with zero attached hydrogens (tertiary/aromatic N) is 3. The normalized spacial score (nSPS) is 9.50. The molecule has 2 rings (SSSR count). The summed E-state index contributed by atoms with van der Waals surface area (Å²) in [5, 5.41) is 8.54. The van der Waals surface area contributed by atoms with E-state index in [0.717, 1.165) is 5.56 Å². The van der Waals surface area contributed by atoms with Gasteiger partial charge in [0.25, 0.3) is 0 Å². The zero-order chi connectivity index (χ0) is 12.8. The van der Waals surface area contributed by atoms with Crippen molar-refractivity contribution in [1.82, 2.24) is 9.97 Å². The van der Waals surface area contributed by atoms with E-state index in [-0.39, 0.29) is 6.01 Å². The Kier molecular flexibility index (Phi) is 3.62. The third-order valence-corrected chi connectivity index (χ3v) is 2.20. The van der Waals surface area contributed by atoms with Gasteiger partial charge in [0, 0.05) is 12.4 Å². The van der Waals surface area contributed by atoms with Gasteiger partial charge in [-0.1, -0.05) is 12.1 Å². The summed E-state index contributed by atoms with van der Waals surface area (Å²) in [7, 11) is 0. The van der Waals surface area contributed by atoms with Crippen LogP contribution in [0.4, 0.5) is 0 Å². The van der Waals surface area contributed by atoms with Gasteiger partial charge in [-0.2, -0.15) is 5.26 Å². The molecule has 0 N–H and O–H groups in total. The van der Waals surface area contributed by atoms with Gasteiger partial charge in [0.1, 0.15) is 5.75 Å². The lowest BCUT2D eigenvalue weighted by atomic mass is 10.2. The molecule has 0 fully saturated rings. The number of rotatable bonds is 4. The van der Waals surface area contributed by atoms with Crippen LogP contribution in [-0.2, 0) is 6.42 Å². The van der Waals surface area contributed by atoms with Gasteiger partial charge in [0.15, 0.2) is 6.29 Å². The first-order chi connectivity index (χ1) is 8.81. The zero-order valence-corrected chi connectivity index (χ0v) is 9.41. The number of benzene rings is 1. The molecule has 0 bridgehead atoms. The maximum atomic E-state index is 10.4. The second kappa shape index (κ2) is 5.55. The Morgan fingerprint density at radius 1 is 1.22 bits per heavy atom. The van der Waals surface area contributed by atoms with E-state index in [2.05, 4.69) is 16.0 Å². The molecule has 0 saturated heterocycles. The van der Waals surface area contributed by atoms with Crippen molar-refractivity contribution < 1.29 is 9.53 Å². The summed E-state index contributed by atoms with van der Waals surface area (Å²) in [4.78, 5) is 18.2. The van der Waals surface area contributed by atoms with Crippen LogP contribution in [-0.4, -0.2) is 16.3 Å². The van der Waals surface area contributed by atoms with E-state index in [1.165, 1.54) is 12.4 Å². The first-order valence-corrected chi connectivity index (χ1v) is 5.23. The molecular formula is C13H9N3O2. The lowest BCUT2D eigenvalue weighted by Gasteiger charge is -2.03. The summed E-state index contributed by atoms with van der Waals surface area (Å²) in [6.07, 6.45) is 3.81. The van der Waals surface area contributed by atoms with E-state index in [1.54, 1.807) is 24.3 Å². The van der Waals surface area contributed by atoms with Crippen LogP contribution >= 0.6 is 0 Å². The third kappa shape index (κ3) is 2.89. The Balaban J connectivity index is 2.08. The van der Waals surface area contributed by atoms with Crippen LogP contribution in [0.2, 0.25) is 0 Å². The molecule has 0 aliphatic carbocycles. The zero-order valence-electron chi connectivity index (χ0n) is 9.41. The first-order valence-electron chi connectivity index (χ1n) is 5.23. The lowest BCUT2D eigenvalue weighted by Crippen LogP contribution is -1.93. The molecule has 1 aromatic heterocycles. The van der Waals surface area contributed by atoms with Crippen molar-refractivity contribution in [2.45, 2.75) is 6.42 Å². The molecule has 0 aliphatic heterocycles. The number of nitriles is 1. The third-order valence-electron chi connectivity index (χ3n) is 2.20. The molecule has 0 atom stereocenters. The standard InChI is InChI=1S/C13H9N3O2/c14-6-5-10-1-3-12(4-2-10)18-13-15-7-11(9-17)8-16-13/h1-4,7-9H,5H2. The van der Waals surface area contributed by atoms with Gasteiger partial charge in [-0.05, 0) is 17.7 Å². The molecule has 5 heteroatoms. The predicted molar refractivity (Wildman–Crippen MR) is 63.3 cm³/mol. The smallest absolute Gasteiger partial charge is 0.321 e. The first kappa shape index (κ1) is 11.7. The van der Waals surface area contributed by atoms with Gasteiger partial charge in [0.2, 0.25) is 0 Å². The highest BCUT2D eigenvalue weighted by molar-refractivity contribution is 5.73. The van der Waals surface area contributed by atoms with E-state index in [1.807, 2.05) is 0 Å². The van der Waals surface area contributed by atoms with Crippen LogP contribution in [0.15, 0.2) is 36.7 Å². The van der Waals surface area contributed by atoms with Crippen molar-refractivity contribution in [2.75, 3.05) is 0 Å². The average molecular weight is 239 g/mol. The second-order valence-corrected chi connectivity index (χ2v) is 3.50. The average Bonchev–Trinajstić information content (AvgIpc) is 2.42. The minimum atomic E-state index is 0.175. The fourth-order valence-electron chi connectivity index (χ4n) is 1.31. The summed E-state index contributed by atoms with van der Waals surface area (Å²) >= 11 is 0. The van der Waals surface area contributed by atoms with E-state index in [0.29, 0.717) is 24.0 Å². The molecule has 2 aromatic rings. The molecule has 18 heavy (non-hydrogen) atoms. The summed E-state index contributed by atoms with van der Waals surface area (Å²) in [6, 6.07) is 9.33. The summed E-state index contributed by atoms with van der Waals surface area (Å²) < 4.78 is 5.39. The fourth-order valence-corrected chi connectivity index (χ4v) is 1.31. The lowest BCUT2D eigenvalue weighted by molar-refractivity contribution is 0.112. The van der Waals surface area contributed by atoms with Crippen LogP contribution in [0, 0.1) is 11.3 Å². The maximum absolute atomic E-state index is 10.4. The second-order valence-electron chi connectivity index (χ2n) is 3.50. The van der Waals surface area contributed by atoms with Crippen LogP contribution < -0.4 is 4.74 Å². The molecule has 0 unspecified atom stereocenters. The highest BCUT2D eigenvalue weighted by Gasteiger charge is 2.01. The van der Waals surface area contributed by atoms with E-state index < -0.39 is 0 Å². The Morgan fingerprint density at radius 2 is 1.89 bits per heavy atom. The van der Waals surface area contributed by atoms with Crippen LogP contribution in [0.3, 0.4) is 0 Å². The Bertz CT molecular complexity index is 571. The molecule has 0 aliphatic rings. The van der Waals surface area contributed by atoms with Crippen molar-refractivity contribution in [1.29, 1.82) is 5.26 Å². The molecule has 0 saturated carbocycles. The van der Waals surface area contributed by atoms with Crippen molar-refractivity contribution >= 4 is 6.29 Å². The predicted octanol–water partition coefficient (Wildman–Crippen LogP) is 2.15. The highest BCUT2D eigenvalue weighted by atomic mass is 16.5. The van der Waals surface area contributed by atoms with Crippen molar-refractivity contribution in [3.63, 3.8) is 0 Å². The molecule has 5 nitrogen and oxygen atoms in total. The minimum Gasteiger partial charge on any atom is -0.424 e. The van der Waals surface area contributed by atoms with Crippen LogP contribution in [0.5, 0.6) is 11.8 Å². The summed E-state index contributed by atoms with van der Waals surface area (Å²) in [6.45, 7) is 0. The summed E-state index contributed by atoms with van der Waals surface area (Å²) in [5.74, 6) is 0.579. The van der Waals surface area contributed by atoms with Crippen molar-refractivity contribution in [2.24, 2.45) is 0 Å². The molecule has 1 aromatic carbocycles. The van der Waals surface area contributed by atoms with Crippen molar-refractivity contribution in [3.05, 3.63) is 47.8 Å². The SMILES string of the molecule is N#CCc1ccc(Oc2ncc(C=O)cn2)cc1. The van der Waals surface area contributed by atoms with Crippen LogP contribution in [0.25, 0.3) is 0 Å². The number of carbonyl (C=O) groups excluding carboxylic acids is 1. The molecule has 0 spiro atoms. The topological polar surface area (TPSA) is 75.9 Å². The number of carbonyl (C=O) groups is 1. The molecule has 0 radical (unpaired) electrons. The Labute approximate surface area is 104 Å². The van der Waals surface area contributed by atoms with Crippen LogP contribution in [0.1, 0.15) is 15.9 Å². The minimum absolute atomic E-state index is 0.175. The van der Waals surface area contributed by atoms with Crippen molar-refractivity contribution in [3.8, 4) is 17.8 Å². The number of hydrogen-bond acceptors (Lipinski definition) is 5. The molecule has 0 amide bonds. The monoisotopic (exact) mass is 239 g/mol.